The van der Waals surface area contributed by atoms with Crippen molar-refractivity contribution in [2.45, 2.75) is 23.9 Å². The van der Waals surface area contributed by atoms with Gasteiger partial charge in [-0.3, -0.25) is 4.79 Å². The molecule has 0 atom stereocenters. The van der Waals surface area contributed by atoms with Gasteiger partial charge in [0.15, 0.2) is 6.61 Å². The number of rotatable bonds is 4. The molecular weight excluding hydrogens is 361 g/mol. The molecule has 0 unspecified atom stereocenters. The average Bonchev–Trinajstić information content (AvgIpc) is 2.59. The van der Waals surface area contributed by atoms with E-state index in [0.717, 1.165) is 22.5 Å². The van der Waals surface area contributed by atoms with Crippen LogP contribution >= 0.6 is 0 Å². The van der Waals surface area contributed by atoms with E-state index < -0.39 is 45.2 Å². The molecule has 0 aromatic heterocycles. The maximum atomic E-state index is 13.1. The van der Waals surface area contributed by atoms with Gasteiger partial charge in [0, 0.05) is 13.1 Å². The molecule has 136 valence electrons. The van der Waals surface area contributed by atoms with Gasteiger partial charge in [-0.25, -0.2) is 8.42 Å². The second-order valence-corrected chi connectivity index (χ2v) is 7.34. The Morgan fingerprint density at radius 3 is 2.44 bits per heavy atom. The summed E-state index contributed by atoms with van der Waals surface area (Å²) in [6.07, 6.45) is -4.54. The third-order valence-electron chi connectivity index (χ3n) is 3.88. The molecule has 0 spiro atoms. The number of carbonyl (C=O) groups excluding carboxylic acids is 1. The van der Waals surface area contributed by atoms with Crippen LogP contribution in [0.3, 0.4) is 0 Å². The predicted octanol–water partition coefficient (Wildman–Crippen LogP) is 2.17. The molecule has 6 nitrogen and oxygen atoms in total. The van der Waals surface area contributed by atoms with Crippen LogP contribution in [0.4, 0.5) is 13.2 Å². The number of hydrogen-bond acceptors (Lipinski definition) is 5. The van der Waals surface area contributed by atoms with E-state index in [1.165, 1.54) is 6.07 Å². The number of nitriles is 1. The number of sulfonamides is 1. The zero-order valence-corrected chi connectivity index (χ0v) is 13.8. The van der Waals surface area contributed by atoms with E-state index in [9.17, 15) is 26.4 Å². The molecule has 1 aliphatic heterocycles. The van der Waals surface area contributed by atoms with Gasteiger partial charge in [0.1, 0.15) is 6.07 Å². The summed E-state index contributed by atoms with van der Waals surface area (Å²) in [5.41, 5.74) is -1.22. The van der Waals surface area contributed by atoms with Crippen LogP contribution in [0, 0.1) is 17.2 Å². The van der Waals surface area contributed by atoms with Crippen molar-refractivity contribution in [3.8, 4) is 6.07 Å². The number of alkyl halides is 3. The second kappa shape index (κ2) is 7.41. The summed E-state index contributed by atoms with van der Waals surface area (Å²) < 4.78 is 69.9. The van der Waals surface area contributed by atoms with E-state index in [1.807, 2.05) is 0 Å². The summed E-state index contributed by atoms with van der Waals surface area (Å²) in [5.74, 6) is -1.17. The lowest BCUT2D eigenvalue weighted by atomic mass is 9.98. The van der Waals surface area contributed by atoms with Crippen molar-refractivity contribution in [1.82, 2.24) is 4.31 Å². The van der Waals surface area contributed by atoms with Crippen LogP contribution in [0.5, 0.6) is 0 Å². The fraction of sp³-hybridized carbons (Fsp3) is 0.467. The Labute approximate surface area is 142 Å². The van der Waals surface area contributed by atoms with Crippen molar-refractivity contribution in [2.75, 3.05) is 19.7 Å². The number of esters is 1. The summed E-state index contributed by atoms with van der Waals surface area (Å²) in [6.45, 7) is -0.585. The Balaban J connectivity index is 2.16. The molecule has 1 aromatic rings. The fourth-order valence-electron chi connectivity index (χ4n) is 2.62. The third-order valence-corrected chi connectivity index (χ3v) is 5.83. The number of carbonyl (C=O) groups is 1. The first kappa shape index (κ1) is 19.2. The lowest BCUT2D eigenvalue weighted by Crippen LogP contribution is -2.41. The lowest BCUT2D eigenvalue weighted by Gasteiger charge is -2.30. The molecule has 25 heavy (non-hydrogen) atoms. The predicted molar refractivity (Wildman–Crippen MR) is 79.5 cm³/mol. The maximum Gasteiger partial charge on any atom is 0.417 e. The van der Waals surface area contributed by atoms with Gasteiger partial charge < -0.3 is 4.74 Å². The van der Waals surface area contributed by atoms with Crippen LogP contribution in [-0.2, 0) is 25.7 Å². The van der Waals surface area contributed by atoms with Crippen molar-refractivity contribution >= 4 is 16.0 Å². The summed E-state index contributed by atoms with van der Waals surface area (Å²) in [5, 5.41) is 8.37. The Morgan fingerprint density at radius 1 is 1.28 bits per heavy atom. The smallest absolute Gasteiger partial charge is 0.417 e. The highest BCUT2D eigenvalue weighted by molar-refractivity contribution is 7.89. The van der Waals surface area contributed by atoms with Gasteiger partial charge in [-0.2, -0.15) is 22.7 Å². The molecule has 2 rings (SSSR count). The minimum atomic E-state index is -4.79. The van der Waals surface area contributed by atoms with Gasteiger partial charge in [0.05, 0.1) is 16.4 Å². The monoisotopic (exact) mass is 376 g/mol. The van der Waals surface area contributed by atoms with Crippen molar-refractivity contribution in [3.05, 3.63) is 29.8 Å². The Kier molecular flexibility index (Phi) is 5.69. The standard InChI is InChI=1S/C15H15F3N2O4S/c16-15(17,18)12-3-1-2-4-13(12)25(22,23)20-8-5-11(6-9-20)14(21)24-10-7-19/h1-4,11H,5-6,8-10H2. The van der Waals surface area contributed by atoms with Gasteiger partial charge in [0.2, 0.25) is 10.0 Å². The summed E-state index contributed by atoms with van der Waals surface area (Å²) >= 11 is 0. The molecule has 1 aromatic carbocycles. The largest absolute Gasteiger partial charge is 0.450 e. The van der Waals surface area contributed by atoms with E-state index in [4.69, 9.17) is 5.26 Å². The molecule has 0 aliphatic carbocycles. The van der Waals surface area contributed by atoms with E-state index in [-0.39, 0.29) is 25.9 Å². The molecule has 1 heterocycles. The van der Waals surface area contributed by atoms with E-state index in [0.29, 0.717) is 0 Å². The number of ether oxygens (including phenoxy) is 1. The number of hydrogen-bond donors (Lipinski definition) is 0. The van der Waals surface area contributed by atoms with Crippen molar-refractivity contribution in [2.24, 2.45) is 5.92 Å². The molecule has 1 aliphatic rings. The first-order valence-electron chi connectivity index (χ1n) is 7.38. The number of benzene rings is 1. The Morgan fingerprint density at radius 2 is 1.88 bits per heavy atom. The molecular formula is C15H15F3N2O4S. The van der Waals surface area contributed by atoms with Gasteiger partial charge in [-0.1, -0.05) is 12.1 Å². The van der Waals surface area contributed by atoms with Crippen LogP contribution in [0.25, 0.3) is 0 Å². The Bertz CT molecular complexity index is 779. The summed E-state index contributed by atoms with van der Waals surface area (Å²) in [6, 6.07) is 5.65. The molecule has 0 saturated carbocycles. The fourth-order valence-corrected chi connectivity index (χ4v) is 4.30. The molecule has 1 saturated heterocycles. The molecule has 0 N–H and O–H groups in total. The molecule has 1 fully saturated rings. The normalized spacial score (nSPS) is 17.0. The number of halogens is 3. The first-order chi connectivity index (χ1) is 11.7. The Hall–Kier alpha value is -2.12. The highest BCUT2D eigenvalue weighted by Crippen LogP contribution is 2.36. The van der Waals surface area contributed by atoms with Gasteiger partial charge in [-0.05, 0) is 25.0 Å². The average molecular weight is 376 g/mol. The van der Waals surface area contributed by atoms with Crippen LogP contribution in [-0.4, -0.2) is 38.4 Å². The zero-order valence-electron chi connectivity index (χ0n) is 13.0. The number of piperidine rings is 1. The maximum absolute atomic E-state index is 13.1. The third kappa shape index (κ3) is 4.29. The van der Waals surface area contributed by atoms with Gasteiger partial charge >= 0.3 is 12.1 Å². The SMILES string of the molecule is N#CCOC(=O)C1CCN(S(=O)(=O)c2ccccc2C(F)(F)F)CC1. The lowest BCUT2D eigenvalue weighted by molar-refractivity contribution is -0.148. The van der Waals surface area contributed by atoms with Crippen LogP contribution < -0.4 is 0 Å². The van der Waals surface area contributed by atoms with Crippen molar-refractivity contribution in [1.29, 1.82) is 5.26 Å². The van der Waals surface area contributed by atoms with Crippen molar-refractivity contribution < 1.29 is 31.1 Å². The highest BCUT2D eigenvalue weighted by atomic mass is 32.2. The molecule has 0 bridgehead atoms. The van der Waals surface area contributed by atoms with Gasteiger partial charge in [0.25, 0.3) is 0 Å². The van der Waals surface area contributed by atoms with Crippen LogP contribution in [0.2, 0.25) is 0 Å². The quantitative estimate of drug-likeness (QED) is 0.752. The van der Waals surface area contributed by atoms with Crippen molar-refractivity contribution in [3.63, 3.8) is 0 Å². The van der Waals surface area contributed by atoms with E-state index in [1.54, 1.807) is 6.07 Å². The zero-order chi connectivity index (χ0) is 18.7. The summed E-state index contributed by atoms with van der Waals surface area (Å²) in [7, 11) is -4.33. The molecule has 0 amide bonds. The first-order valence-corrected chi connectivity index (χ1v) is 8.82. The van der Waals surface area contributed by atoms with Gasteiger partial charge in [-0.15, -0.1) is 0 Å². The highest BCUT2D eigenvalue weighted by Gasteiger charge is 2.40. The van der Waals surface area contributed by atoms with Crippen LogP contribution in [0.15, 0.2) is 29.2 Å². The van der Waals surface area contributed by atoms with E-state index in [2.05, 4.69) is 4.74 Å². The van der Waals surface area contributed by atoms with Crippen LogP contribution in [0.1, 0.15) is 18.4 Å². The molecule has 0 radical (unpaired) electrons. The minimum absolute atomic E-state index is 0.0964. The molecule has 10 heteroatoms. The summed E-state index contributed by atoms with van der Waals surface area (Å²) in [4.78, 5) is 10.9. The van der Waals surface area contributed by atoms with E-state index >= 15 is 0 Å². The minimum Gasteiger partial charge on any atom is -0.450 e. The second-order valence-electron chi connectivity index (χ2n) is 5.44. The topological polar surface area (TPSA) is 87.5 Å². The number of nitrogens with zero attached hydrogens (tertiary/aromatic N) is 2.